The minimum absolute atomic E-state index is 0.287. The second-order valence-corrected chi connectivity index (χ2v) is 4.39. The molecule has 17 heavy (non-hydrogen) atoms. The molecule has 2 rings (SSSR count). The summed E-state index contributed by atoms with van der Waals surface area (Å²) in [5.41, 5.74) is 1.29. The Morgan fingerprint density at radius 3 is 2.71 bits per heavy atom. The van der Waals surface area contributed by atoms with Gasteiger partial charge in [0.05, 0.1) is 6.61 Å². The molecule has 0 bridgehead atoms. The van der Waals surface area contributed by atoms with Gasteiger partial charge >= 0.3 is 0 Å². The van der Waals surface area contributed by atoms with Crippen molar-refractivity contribution in [3.8, 4) is 5.75 Å². The number of hydrogen-bond donors (Lipinski definition) is 0. The quantitative estimate of drug-likeness (QED) is 0.723. The van der Waals surface area contributed by atoms with Gasteiger partial charge in [-0.25, -0.2) is 0 Å². The molecule has 2 nitrogen and oxygen atoms in total. The van der Waals surface area contributed by atoms with Crippen LogP contribution in [0.25, 0.3) is 0 Å². The number of ether oxygens (including phenoxy) is 1. The van der Waals surface area contributed by atoms with Gasteiger partial charge in [-0.05, 0) is 43.9 Å². The number of para-hydroxylation sites is 1. The van der Waals surface area contributed by atoms with Crippen LogP contribution in [0.2, 0.25) is 0 Å². The number of benzene rings is 1. The van der Waals surface area contributed by atoms with E-state index in [4.69, 9.17) is 4.74 Å². The molecular weight excluding hydrogens is 212 g/mol. The molecule has 0 fully saturated rings. The Kier molecular flexibility index (Phi) is 4.37. The van der Waals surface area contributed by atoms with E-state index in [1.165, 1.54) is 5.57 Å². The Balaban J connectivity index is 1.68. The third kappa shape index (κ3) is 4.06. The van der Waals surface area contributed by atoms with E-state index in [0.29, 0.717) is 0 Å². The smallest absolute Gasteiger partial charge is 0.155 e. The van der Waals surface area contributed by atoms with Crippen LogP contribution in [-0.4, -0.2) is 12.4 Å². The standard InChI is InChI=1S/C15H18O2/c16-14-8-4-6-13(12-14)7-5-11-17-15-9-2-1-3-10-15/h1-3,9-10,12H,4-8,11H2. The molecule has 1 aromatic carbocycles. The Hall–Kier alpha value is -1.57. The maximum atomic E-state index is 11.2. The molecule has 0 unspecified atom stereocenters. The second-order valence-electron chi connectivity index (χ2n) is 4.39. The summed E-state index contributed by atoms with van der Waals surface area (Å²) in [5, 5.41) is 0. The minimum atomic E-state index is 0.287. The van der Waals surface area contributed by atoms with Gasteiger partial charge in [0, 0.05) is 6.42 Å². The van der Waals surface area contributed by atoms with Gasteiger partial charge in [-0.3, -0.25) is 4.79 Å². The van der Waals surface area contributed by atoms with Crippen molar-refractivity contribution in [3.63, 3.8) is 0 Å². The van der Waals surface area contributed by atoms with Crippen molar-refractivity contribution in [2.45, 2.75) is 32.1 Å². The Morgan fingerprint density at radius 1 is 1.12 bits per heavy atom. The number of ketones is 1. The molecule has 1 aliphatic rings. The molecule has 1 aromatic rings. The van der Waals surface area contributed by atoms with Crippen LogP contribution in [0.4, 0.5) is 0 Å². The first-order chi connectivity index (χ1) is 8.34. The van der Waals surface area contributed by atoms with Crippen LogP contribution in [0.15, 0.2) is 42.0 Å². The summed E-state index contributed by atoms with van der Waals surface area (Å²) in [4.78, 5) is 11.2. The van der Waals surface area contributed by atoms with E-state index in [1.54, 1.807) is 0 Å². The topological polar surface area (TPSA) is 26.3 Å². The predicted molar refractivity (Wildman–Crippen MR) is 68.1 cm³/mol. The maximum absolute atomic E-state index is 11.2. The molecule has 0 amide bonds. The van der Waals surface area contributed by atoms with Gasteiger partial charge in [0.15, 0.2) is 5.78 Å². The predicted octanol–water partition coefficient (Wildman–Crippen LogP) is 3.53. The number of allylic oxidation sites excluding steroid dienone is 2. The molecule has 0 aliphatic heterocycles. The lowest BCUT2D eigenvalue weighted by Gasteiger charge is -2.12. The summed E-state index contributed by atoms with van der Waals surface area (Å²) < 4.78 is 5.61. The van der Waals surface area contributed by atoms with Crippen molar-refractivity contribution in [1.29, 1.82) is 0 Å². The van der Waals surface area contributed by atoms with Gasteiger partial charge in [0.25, 0.3) is 0 Å². The fraction of sp³-hybridized carbons (Fsp3) is 0.400. The zero-order chi connectivity index (χ0) is 11.9. The molecule has 90 valence electrons. The zero-order valence-electron chi connectivity index (χ0n) is 10.0. The first-order valence-corrected chi connectivity index (χ1v) is 6.25. The highest BCUT2D eigenvalue weighted by atomic mass is 16.5. The highest BCUT2D eigenvalue weighted by Crippen LogP contribution is 2.19. The fourth-order valence-corrected chi connectivity index (χ4v) is 2.06. The van der Waals surface area contributed by atoms with Crippen LogP contribution in [-0.2, 0) is 4.79 Å². The molecule has 0 heterocycles. The molecule has 0 saturated carbocycles. The molecule has 0 spiro atoms. The first-order valence-electron chi connectivity index (χ1n) is 6.25. The molecule has 0 atom stereocenters. The average molecular weight is 230 g/mol. The molecule has 0 N–H and O–H groups in total. The van der Waals surface area contributed by atoms with Crippen molar-refractivity contribution in [2.24, 2.45) is 0 Å². The summed E-state index contributed by atoms with van der Waals surface area (Å²) >= 11 is 0. The van der Waals surface area contributed by atoms with Crippen molar-refractivity contribution in [2.75, 3.05) is 6.61 Å². The van der Waals surface area contributed by atoms with Crippen LogP contribution < -0.4 is 4.74 Å². The SMILES string of the molecule is O=C1C=C(CCCOc2ccccc2)CCC1. The molecule has 0 aromatic heterocycles. The van der Waals surface area contributed by atoms with Crippen LogP contribution in [0.3, 0.4) is 0 Å². The van der Waals surface area contributed by atoms with Crippen LogP contribution in [0, 0.1) is 0 Å². The maximum Gasteiger partial charge on any atom is 0.155 e. The van der Waals surface area contributed by atoms with E-state index >= 15 is 0 Å². The normalized spacial score (nSPS) is 15.5. The molecular formula is C15H18O2. The molecule has 2 heteroatoms. The van der Waals surface area contributed by atoms with E-state index in [0.717, 1.165) is 44.5 Å². The average Bonchev–Trinajstić information content (AvgIpc) is 2.36. The van der Waals surface area contributed by atoms with Gasteiger partial charge < -0.3 is 4.74 Å². The lowest BCUT2D eigenvalue weighted by atomic mass is 9.95. The number of carbonyl (C=O) groups is 1. The Morgan fingerprint density at radius 2 is 1.94 bits per heavy atom. The van der Waals surface area contributed by atoms with Gasteiger partial charge in [-0.2, -0.15) is 0 Å². The lowest BCUT2D eigenvalue weighted by molar-refractivity contribution is -0.115. The lowest BCUT2D eigenvalue weighted by Crippen LogP contribution is -2.04. The zero-order valence-corrected chi connectivity index (χ0v) is 10.0. The summed E-state index contributed by atoms with van der Waals surface area (Å²) in [6.07, 6.45) is 6.61. The highest BCUT2D eigenvalue weighted by Gasteiger charge is 2.09. The van der Waals surface area contributed by atoms with Crippen LogP contribution in [0.5, 0.6) is 5.75 Å². The van der Waals surface area contributed by atoms with E-state index < -0.39 is 0 Å². The molecule has 1 aliphatic carbocycles. The number of hydrogen-bond acceptors (Lipinski definition) is 2. The third-order valence-electron chi connectivity index (χ3n) is 2.94. The Bertz CT molecular complexity index is 393. The molecule has 0 radical (unpaired) electrons. The van der Waals surface area contributed by atoms with Crippen molar-refractivity contribution >= 4 is 5.78 Å². The monoisotopic (exact) mass is 230 g/mol. The van der Waals surface area contributed by atoms with Gasteiger partial charge in [-0.1, -0.05) is 23.8 Å². The van der Waals surface area contributed by atoms with Crippen molar-refractivity contribution in [3.05, 3.63) is 42.0 Å². The van der Waals surface area contributed by atoms with Crippen molar-refractivity contribution < 1.29 is 9.53 Å². The van der Waals surface area contributed by atoms with Crippen LogP contribution >= 0.6 is 0 Å². The Labute approximate surface area is 102 Å². The van der Waals surface area contributed by atoms with E-state index in [2.05, 4.69) is 0 Å². The summed E-state index contributed by atoms with van der Waals surface area (Å²) in [5.74, 6) is 1.21. The van der Waals surface area contributed by atoms with E-state index in [1.807, 2.05) is 36.4 Å². The van der Waals surface area contributed by atoms with E-state index in [9.17, 15) is 4.79 Å². The highest BCUT2D eigenvalue weighted by molar-refractivity contribution is 5.91. The first kappa shape index (κ1) is 11.9. The summed E-state index contributed by atoms with van der Waals surface area (Å²) in [6, 6.07) is 9.84. The fourth-order valence-electron chi connectivity index (χ4n) is 2.06. The van der Waals surface area contributed by atoms with Crippen molar-refractivity contribution in [1.82, 2.24) is 0 Å². The van der Waals surface area contributed by atoms with Gasteiger partial charge in [0.2, 0.25) is 0 Å². The summed E-state index contributed by atoms with van der Waals surface area (Å²) in [6.45, 7) is 0.718. The third-order valence-corrected chi connectivity index (χ3v) is 2.94. The number of carbonyl (C=O) groups excluding carboxylic acids is 1. The minimum Gasteiger partial charge on any atom is -0.494 e. The van der Waals surface area contributed by atoms with E-state index in [-0.39, 0.29) is 5.78 Å². The largest absolute Gasteiger partial charge is 0.494 e. The number of rotatable bonds is 5. The van der Waals surface area contributed by atoms with Gasteiger partial charge in [-0.15, -0.1) is 0 Å². The summed E-state index contributed by atoms with van der Waals surface area (Å²) in [7, 11) is 0. The molecule has 0 saturated heterocycles. The van der Waals surface area contributed by atoms with Gasteiger partial charge in [0.1, 0.15) is 5.75 Å². The van der Waals surface area contributed by atoms with Crippen LogP contribution in [0.1, 0.15) is 32.1 Å². The second kappa shape index (κ2) is 6.24.